The molecule has 0 aromatic heterocycles. The van der Waals surface area contributed by atoms with Crippen LogP contribution in [0.25, 0.3) is 0 Å². The molecule has 0 spiro atoms. The van der Waals surface area contributed by atoms with Crippen molar-refractivity contribution in [3.05, 3.63) is 29.3 Å². The van der Waals surface area contributed by atoms with E-state index in [1.807, 2.05) is 0 Å². The summed E-state index contributed by atoms with van der Waals surface area (Å²) < 4.78 is 39.0. The van der Waals surface area contributed by atoms with Crippen molar-refractivity contribution in [2.24, 2.45) is 0 Å². The van der Waals surface area contributed by atoms with Crippen molar-refractivity contribution in [1.29, 1.82) is 0 Å². The van der Waals surface area contributed by atoms with E-state index >= 15 is 0 Å². The highest BCUT2D eigenvalue weighted by Gasteiger charge is 2.32. The molecule has 1 aromatic rings. The molecule has 6 nitrogen and oxygen atoms in total. The fourth-order valence-electron chi connectivity index (χ4n) is 2.56. The predicted octanol–water partition coefficient (Wildman–Crippen LogP) is 1.72. The third-order valence-corrected chi connectivity index (χ3v) is 3.77. The van der Waals surface area contributed by atoms with E-state index in [1.165, 1.54) is 13.0 Å². The van der Waals surface area contributed by atoms with Crippen LogP contribution >= 0.6 is 12.4 Å². The lowest BCUT2D eigenvalue weighted by molar-refractivity contribution is -0.137. The molecule has 0 unspecified atom stereocenters. The largest absolute Gasteiger partial charge is 0.416 e. The van der Waals surface area contributed by atoms with Crippen LogP contribution in [0.3, 0.4) is 0 Å². The Morgan fingerprint density at radius 3 is 2.42 bits per heavy atom. The van der Waals surface area contributed by atoms with E-state index in [9.17, 15) is 22.8 Å². The number of benzene rings is 1. The third-order valence-electron chi connectivity index (χ3n) is 3.77. The maximum absolute atomic E-state index is 13.0. The highest BCUT2D eigenvalue weighted by atomic mass is 35.5. The number of carbonyl (C=O) groups is 2. The van der Waals surface area contributed by atoms with Crippen molar-refractivity contribution >= 4 is 29.9 Å². The minimum Gasteiger partial charge on any atom is -0.351 e. The average molecular weight is 395 g/mol. The van der Waals surface area contributed by atoms with Gasteiger partial charge in [0.25, 0.3) is 5.91 Å². The SMILES string of the molecule is CC(=O)Nc1cc(C(=O)NCCN2CCNCC2)cc(C(F)(F)F)c1.Cl. The molecule has 146 valence electrons. The predicted molar refractivity (Wildman–Crippen MR) is 94.6 cm³/mol. The van der Waals surface area contributed by atoms with Crippen molar-refractivity contribution < 1.29 is 22.8 Å². The summed E-state index contributed by atoms with van der Waals surface area (Å²) in [4.78, 5) is 25.4. The van der Waals surface area contributed by atoms with Gasteiger partial charge in [0.1, 0.15) is 0 Å². The molecule has 1 aliphatic rings. The van der Waals surface area contributed by atoms with Gasteiger partial charge < -0.3 is 16.0 Å². The highest BCUT2D eigenvalue weighted by molar-refractivity contribution is 5.97. The number of amides is 2. The highest BCUT2D eigenvalue weighted by Crippen LogP contribution is 2.32. The summed E-state index contributed by atoms with van der Waals surface area (Å²) in [6.45, 7) is 5.64. The van der Waals surface area contributed by atoms with E-state index in [-0.39, 0.29) is 23.7 Å². The molecule has 0 aliphatic carbocycles. The second kappa shape index (κ2) is 9.75. The molecular weight excluding hydrogens is 373 g/mol. The Morgan fingerprint density at radius 1 is 1.19 bits per heavy atom. The minimum absolute atomic E-state index is 0. The van der Waals surface area contributed by atoms with Crippen LogP contribution in [0.5, 0.6) is 0 Å². The van der Waals surface area contributed by atoms with Crippen molar-refractivity contribution in [2.45, 2.75) is 13.1 Å². The van der Waals surface area contributed by atoms with Gasteiger partial charge in [0.2, 0.25) is 5.91 Å². The first-order valence-corrected chi connectivity index (χ1v) is 7.97. The molecule has 0 bridgehead atoms. The number of halogens is 4. The Bertz CT molecular complexity index is 634. The molecular formula is C16H22ClF3N4O2. The molecule has 2 rings (SSSR count). The van der Waals surface area contributed by atoms with Crippen LogP contribution < -0.4 is 16.0 Å². The number of rotatable bonds is 5. The zero-order chi connectivity index (χ0) is 18.4. The number of hydrogen-bond donors (Lipinski definition) is 3. The van der Waals surface area contributed by atoms with E-state index < -0.39 is 23.6 Å². The monoisotopic (exact) mass is 394 g/mol. The van der Waals surface area contributed by atoms with E-state index in [4.69, 9.17) is 0 Å². The molecule has 3 N–H and O–H groups in total. The normalized spacial score (nSPS) is 15.1. The molecule has 2 amide bonds. The molecule has 1 heterocycles. The lowest BCUT2D eigenvalue weighted by atomic mass is 10.1. The maximum atomic E-state index is 13.0. The summed E-state index contributed by atoms with van der Waals surface area (Å²) >= 11 is 0. The number of piperazine rings is 1. The first kappa shape index (κ1) is 22.2. The zero-order valence-electron chi connectivity index (χ0n) is 14.3. The number of hydrogen-bond acceptors (Lipinski definition) is 4. The van der Waals surface area contributed by atoms with Crippen LogP contribution in [0.15, 0.2) is 18.2 Å². The van der Waals surface area contributed by atoms with E-state index in [0.717, 1.165) is 38.3 Å². The zero-order valence-corrected chi connectivity index (χ0v) is 15.1. The van der Waals surface area contributed by atoms with Crippen molar-refractivity contribution in [1.82, 2.24) is 15.5 Å². The number of carbonyl (C=O) groups excluding carboxylic acids is 2. The molecule has 1 aromatic carbocycles. The lowest BCUT2D eigenvalue weighted by Gasteiger charge is -2.27. The van der Waals surface area contributed by atoms with Crippen LogP contribution in [0, 0.1) is 0 Å². The Kier molecular flexibility index (Phi) is 8.32. The molecule has 0 saturated carbocycles. The summed E-state index contributed by atoms with van der Waals surface area (Å²) in [5.41, 5.74) is -1.18. The molecule has 0 radical (unpaired) electrons. The van der Waals surface area contributed by atoms with Crippen molar-refractivity contribution in [3.63, 3.8) is 0 Å². The van der Waals surface area contributed by atoms with Gasteiger partial charge in [-0.2, -0.15) is 13.2 Å². The van der Waals surface area contributed by atoms with Gasteiger partial charge in [0, 0.05) is 57.4 Å². The Morgan fingerprint density at radius 2 is 1.85 bits per heavy atom. The molecule has 0 atom stereocenters. The summed E-state index contributed by atoms with van der Waals surface area (Å²) in [6, 6.07) is 2.82. The fourth-order valence-corrected chi connectivity index (χ4v) is 2.56. The summed E-state index contributed by atoms with van der Waals surface area (Å²) in [6.07, 6.45) is -4.61. The molecule has 1 aliphatic heterocycles. The van der Waals surface area contributed by atoms with Crippen molar-refractivity contribution in [2.75, 3.05) is 44.6 Å². The molecule has 10 heteroatoms. The van der Waals surface area contributed by atoms with Gasteiger partial charge in [0.05, 0.1) is 5.56 Å². The molecule has 1 saturated heterocycles. The van der Waals surface area contributed by atoms with E-state index in [0.29, 0.717) is 13.1 Å². The van der Waals surface area contributed by atoms with Gasteiger partial charge in [-0.3, -0.25) is 14.5 Å². The Balaban J connectivity index is 0.00000338. The number of nitrogens with one attached hydrogen (secondary N) is 3. The van der Waals surface area contributed by atoms with Gasteiger partial charge in [-0.25, -0.2) is 0 Å². The molecule has 1 fully saturated rings. The van der Waals surface area contributed by atoms with Crippen molar-refractivity contribution in [3.8, 4) is 0 Å². The number of alkyl halides is 3. The summed E-state index contributed by atoms with van der Waals surface area (Å²) in [5, 5.41) is 8.12. The van der Waals surface area contributed by atoms with Crippen LogP contribution in [-0.2, 0) is 11.0 Å². The third kappa shape index (κ3) is 6.81. The number of anilines is 1. The lowest BCUT2D eigenvalue weighted by Crippen LogP contribution is -2.46. The van der Waals surface area contributed by atoms with E-state index in [2.05, 4.69) is 20.9 Å². The van der Waals surface area contributed by atoms with E-state index in [1.54, 1.807) is 0 Å². The van der Waals surface area contributed by atoms with Gasteiger partial charge >= 0.3 is 6.18 Å². The van der Waals surface area contributed by atoms with Crippen LogP contribution in [-0.4, -0.2) is 56.0 Å². The second-order valence-electron chi connectivity index (χ2n) is 5.83. The first-order valence-electron chi connectivity index (χ1n) is 7.97. The van der Waals surface area contributed by atoms with Gasteiger partial charge in [-0.15, -0.1) is 12.4 Å². The number of nitrogens with zero attached hydrogens (tertiary/aromatic N) is 1. The topological polar surface area (TPSA) is 73.5 Å². The summed E-state index contributed by atoms with van der Waals surface area (Å²) in [5.74, 6) is -1.11. The summed E-state index contributed by atoms with van der Waals surface area (Å²) in [7, 11) is 0. The average Bonchev–Trinajstić information content (AvgIpc) is 2.54. The quantitative estimate of drug-likeness (QED) is 0.711. The van der Waals surface area contributed by atoms with Crippen LogP contribution in [0.2, 0.25) is 0 Å². The van der Waals surface area contributed by atoms with Gasteiger partial charge in [-0.1, -0.05) is 0 Å². The van der Waals surface area contributed by atoms with Gasteiger partial charge in [-0.05, 0) is 18.2 Å². The van der Waals surface area contributed by atoms with Crippen LogP contribution in [0.4, 0.5) is 18.9 Å². The Hall–Kier alpha value is -1.84. The maximum Gasteiger partial charge on any atom is 0.416 e. The smallest absolute Gasteiger partial charge is 0.351 e. The second-order valence-corrected chi connectivity index (χ2v) is 5.83. The molecule has 26 heavy (non-hydrogen) atoms. The minimum atomic E-state index is -4.61. The first-order chi connectivity index (χ1) is 11.8. The fraction of sp³-hybridized carbons (Fsp3) is 0.500. The standard InChI is InChI=1S/C16H21F3N4O2.ClH/c1-11(24)22-14-9-12(8-13(10-14)16(17,18)19)15(25)21-4-7-23-5-2-20-3-6-23;/h8-10,20H,2-7H2,1H3,(H,21,25)(H,22,24);1H. The van der Waals surface area contributed by atoms with Gasteiger partial charge in [0.15, 0.2) is 0 Å². The van der Waals surface area contributed by atoms with Crippen LogP contribution in [0.1, 0.15) is 22.8 Å². The Labute approximate surface area is 155 Å².